The van der Waals surface area contributed by atoms with Crippen LogP contribution in [0.15, 0.2) is 30.6 Å². The van der Waals surface area contributed by atoms with Crippen molar-refractivity contribution in [1.82, 2.24) is 9.38 Å². The molecular formula is C14H17N3S. The molecule has 0 radical (unpaired) electrons. The minimum Gasteiger partial charge on any atom is -0.330 e. The standard InChI is InChI=1S/C14H17N3S/c1-9(2)11(8-15)10-3-4-12-13(7-10)18-14-16-5-6-17(12)14/h3-7,9,11H,8,15H2,1-2H3. The van der Waals surface area contributed by atoms with Gasteiger partial charge in [-0.1, -0.05) is 31.3 Å². The van der Waals surface area contributed by atoms with E-state index in [1.807, 2.05) is 12.4 Å². The van der Waals surface area contributed by atoms with Crippen LogP contribution in [0.5, 0.6) is 0 Å². The minimum atomic E-state index is 0.434. The Labute approximate surface area is 110 Å². The molecule has 0 bridgehead atoms. The Morgan fingerprint density at radius 2 is 2.22 bits per heavy atom. The molecule has 94 valence electrons. The van der Waals surface area contributed by atoms with Gasteiger partial charge in [0.1, 0.15) is 0 Å². The van der Waals surface area contributed by atoms with Crippen LogP contribution < -0.4 is 5.73 Å². The maximum absolute atomic E-state index is 5.89. The fourth-order valence-electron chi connectivity index (χ4n) is 2.48. The molecule has 0 aliphatic heterocycles. The van der Waals surface area contributed by atoms with Crippen molar-refractivity contribution in [1.29, 1.82) is 0 Å². The van der Waals surface area contributed by atoms with Crippen molar-refractivity contribution in [2.24, 2.45) is 11.7 Å². The highest BCUT2D eigenvalue weighted by atomic mass is 32.1. The molecule has 0 amide bonds. The Kier molecular flexibility index (Phi) is 2.84. The minimum absolute atomic E-state index is 0.434. The summed E-state index contributed by atoms with van der Waals surface area (Å²) in [4.78, 5) is 5.39. The van der Waals surface area contributed by atoms with Crippen molar-refractivity contribution in [3.8, 4) is 0 Å². The van der Waals surface area contributed by atoms with Crippen LogP contribution in [-0.4, -0.2) is 15.9 Å². The highest BCUT2D eigenvalue weighted by Crippen LogP contribution is 2.30. The van der Waals surface area contributed by atoms with Crippen LogP contribution in [0, 0.1) is 5.92 Å². The fraction of sp³-hybridized carbons (Fsp3) is 0.357. The Bertz CT molecular complexity index is 681. The number of imidazole rings is 1. The lowest BCUT2D eigenvalue weighted by atomic mass is 9.88. The van der Waals surface area contributed by atoms with Crippen LogP contribution in [0.4, 0.5) is 0 Å². The van der Waals surface area contributed by atoms with Crippen molar-refractivity contribution >= 4 is 26.5 Å². The van der Waals surface area contributed by atoms with Gasteiger partial charge in [0.25, 0.3) is 0 Å². The van der Waals surface area contributed by atoms with Gasteiger partial charge in [0, 0.05) is 12.4 Å². The normalized spacial score (nSPS) is 13.8. The highest BCUT2D eigenvalue weighted by molar-refractivity contribution is 7.23. The first kappa shape index (κ1) is 11.7. The number of hydrogen-bond acceptors (Lipinski definition) is 3. The zero-order chi connectivity index (χ0) is 12.7. The van der Waals surface area contributed by atoms with Crippen LogP contribution in [0.25, 0.3) is 15.2 Å². The number of nitrogens with two attached hydrogens (primary N) is 1. The van der Waals surface area contributed by atoms with Gasteiger partial charge in [0.05, 0.1) is 10.2 Å². The van der Waals surface area contributed by atoms with Crippen LogP contribution >= 0.6 is 11.3 Å². The topological polar surface area (TPSA) is 43.3 Å². The van der Waals surface area contributed by atoms with Crippen molar-refractivity contribution < 1.29 is 0 Å². The maximum atomic E-state index is 5.89. The predicted molar refractivity (Wildman–Crippen MR) is 77.2 cm³/mol. The van der Waals surface area contributed by atoms with Crippen LogP contribution in [0.3, 0.4) is 0 Å². The Morgan fingerprint density at radius 1 is 1.39 bits per heavy atom. The summed E-state index contributed by atoms with van der Waals surface area (Å²) >= 11 is 1.73. The summed E-state index contributed by atoms with van der Waals surface area (Å²) in [5, 5.41) is 0. The molecule has 4 heteroatoms. The lowest BCUT2D eigenvalue weighted by Gasteiger charge is -2.19. The van der Waals surface area contributed by atoms with E-state index in [0.29, 0.717) is 18.4 Å². The monoisotopic (exact) mass is 259 g/mol. The van der Waals surface area contributed by atoms with Crippen LogP contribution in [0.2, 0.25) is 0 Å². The van der Waals surface area contributed by atoms with E-state index in [9.17, 15) is 0 Å². The second-order valence-electron chi connectivity index (χ2n) is 5.00. The first-order valence-corrected chi connectivity index (χ1v) is 7.08. The summed E-state index contributed by atoms with van der Waals surface area (Å²) < 4.78 is 3.42. The maximum Gasteiger partial charge on any atom is 0.194 e. The molecule has 0 fully saturated rings. The van der Waals surface area contributed by atoms with E-state index >= 15 is 0 Å². The number of aromatic nitrogens is 2. The number of hydrogen-bond donors (Lipinski definition) is 1. The summed E-state index contributed by atoms with van der Waals surface area (Å²) in [5.41, 5.74) is 8.46. The van der Waals surface area contributed by atoms with Crippen molar-refractivity contribution in [2.75, 3.05) is 6.54 Å². The Balaban J connectivity index is 2.15. The third-order valence-corrected chi connectivity index (χ3v) is 4.57. The van der Waals surface area contributed by atoms with E-state index < -0.39 is 0 Å². The van der Waals surface area contributed by atoms with Gasteiger partial charge in [0.2, 0.25) is 0 Å². The number of thiazole rings is 1. The quantitative estimate of drug-likeness (QED) is 0.784. The van der Waals surface area contributed by atoms with E-state index in [0.717, 1.165) is 4.96 Å². The van der Waals surface area contributed by atoms with Gasteiger partial charge < -0.3 is 5.73 Å². The number of rotatable bonds is 3. The van der Waals surface area contributed by atoms with Gasteiger partial charge in [-0.3, -0.25) is 4.40 Å². The zero-order valence-corrected chi connectivity index (χ0v) is 11.4. The molecule has 2 heterocycles. The molecule has 3 rings (SSSR count). The van der Waals surface area contributed by atoms with E-state index in [1.165, 1.54) is 15.8 Å². The third-order valence-electron chi connectivity index (χ3n) is 3.54. The Hall–Kier alpha value is -1.39. The second-order valence-corrected chi connectivity index (χ2v) is 6.00. The van der Waals surface area contributed by atoms with Crippen LogP contribution in [-0.2, 0) is 0 Å². The van der Waals surface area contributed by atoms with E-state index in [4.69, 9.17) is 5.73 Å². The SMILES string of the molecule is CC(C)C(CN)c1ccc2c(c1)sc1nccn12. The van der Waals surface area contributed by atoms with Gasteiger partial charge in [0.15, 0.2) is 4.96 Å². The molecule has 1 aromatic carbocycles. The molecular weight excluding hydrogens is 242 g/mol. The van der Waals surface area contributed by atoms with E-state index in [1.54, 1.807) is 11.3 Å². The summed E-state index contributed by atoms with van der Waals surface area (Å²) in [6.45, 7) is 5.15. The lowest BCUT2D eigenvalue weighted by Crippen LogP contribution is -2.17. The van der Waals surface area contributed by atoms with Gasteiger partial charge in [-0.05, 0) is 36.1 Å². The summed E-state index contributed by atoms with van der Waals surface area (Å²) in [7, 11) is 0. The van der Waals surface area contributed by atoms with Gasteiger partial charge in [-0.2, -0.15) is 0 Å². The molecule has 2 N–H and O–H groups in total. The molecule has 0 saturated heterocycles. The van der Waals surface area contributed by atoms with Crippen LogP contribution in [0.1, 0.15) is 25.3 Å². The average Bonchev–Trinajstić information content (AvgIpc) is 2.88. The summed E-state index contributed by atoms with van der Waals surface area (Å²) in [6.07, 6.45) is 3.85. The molecule has 1 unspecified atom stereocenters. The van der Waals surface area contributed by atoms with Crippen molar-refractivity contribution in [2.45, 2.75) is 19.8 Å². The molecule has 3 aromatic rings. The average molecular weight is 259 g/mol. The smallest absolute Gasteiger partial charge is 0.194 e. The summed E-state index contributed by atoms with van der Waals surface area (Å²) in [5.74, 6) is 1.00. The first-order valence-electron chi connectivity index (χ1n) is 6.26. The zero-order valence-electron chi connectivity index (χ0n) is 10.6. The first-order chi connectivity index (χ1) is 8.70. The molecule has 0 spiro atoms. The highest BCUT2D eigenvalue weighted by Gasteiger charge is 2.15. The number of benzene rings is 1. The third kappa shape index (κ3) is 1.72. The molecule has 2 aromatic heterocycles. The summed E-state index contributed by atoms with van der Waals surface area (Å²) in [6, 6.07) is 6.65. The van der Waals surface area contributed by atoms with Crippen molar-refractivity contribution in [3.05, 3.63) is 36.2 Å². The van der Waals surface area contributed by atoms with Gasteiger partial charge >= 0.3 is 0 Å². The molecule has 3 nitrogen and oxygen atoms in total. The lowest BCUT2D eigenvalue weighted by molar-refractivity contribution is 0.507. The van der Waals surface area contributed by atoms with E-state index in [-0.39, 0.29) is 0 Å². The molecule has 18 heavy (non-hydrogen) atoms. The predicted octanol–water partition coefficient (Wildman–Crippen LogP) is 3.25. The molecule has 0 aliphatic carbocycles. The largest absolute Gasteiger partial charge is 0.330 e. The fourth-order valence-corrected chi connectivity index (χ4v) is 3.52. The Morgan fingerprint density at radius 3 is 2.94 bits per heavy atom. The van der Waals surface area contributed by atoms with Crippen molar-refractivity contribution in [3.63, 3.8) is 0 Å². The number of nitrogens with zero attached hydrogens (tertiary/aromatic N) is 2. The molecule has 1 atom stereocenters. The van der Waals surface area contributed by atoms with E-state index in [2.05, 4.69) is 41.4 Å². The van der Waals surface area contributed by atoms with Gasteiger partial charge in [-0.15, -0.1) is 0 Å². The second kappa shape index (κ2) is 4.37. The molecule has 0 saturated carbocycles. The molecule has 0 aliphatic rings. The van der Waals surface area contributed by atoms with Gasteiger partial charge in [-0.25, -0.2) is 4.98 Å². The number of fused-ring (bicyclic) bond motifs is 3.